The number of carboxylic acid groups (broad SMARTS) is 1. The summed E-state index contributed by atoms with van der Waals surface area (Å²) in [7, 11) is 0. The Labute approximate surface area is 104 Å². The maximum Gasteiger partial charge on any atom is 0.337 e. The molecule has 1 aromatic heterocycles. The van der Waals surface area contributed by atoms with Crippen molar-refractivity contribution in [3.05, 3.63) is 17.8 Å². The maximum atomic E-state index is 11.0. The molecule has 1 aliphatic rings. The number of nitrogen functional groups attached to an aromatic ring is 1. The van der Waals surface area contributed by atoms with Gasteiger partial charge in [-0.05, 0) is 18.2 Å². The summed E-state index contributed by atoms with van der Waals surface area (Å²) in [5.41, 5.74) is 5.93. The molecule has 1 aliphatic heterocycles. The van der Waals surface area contributed by atoms with Crippen LogP contribution in [0.25, 0.3) is 0 Å². The minimum Gasteiger partial charge on any atom is -0.478 e. The molecule has 17 heavy (non-hydrogen) atoms. The summed E-state index contributed by atoms with van der Waals surface area (Å²) in [5, 5.41) is 9.01. The molecule has 0 spiro atoms. The summed E-state index contributed by atoms with van der Waals surface area (Å²) in [4.78, 5) is 17.3. The summed E-state index contributed by atoms with van der Waals surface area (Å²) < 4.78 is 0. The first kappa shape index (κ1) is 12.0. The standard InChI is InChI=1S/C11H15N3O2S/c12-9-7-13-10(6-8(9)11(15)16)14-2-1-4-17-5-3-14/h6-7H,1-5,12H2,(H,15,16). The number of nitrogens with two attached hydrogens (primary N) is 1. The topological polar surface area (TPSA) is 79.5 Å². The number of hydrogen-bond donors (Lipinski definition) is 2. The molecule has 3 N–H and O–H groups in total. The normalized spacial score (nSPS) is 16.6. The fourth-order valence-corrected chi connectivity index (χ4v) is 2.68. The summed E-state index contributed by atoms with van der Waals surface area (Å²) in [6.45, 7) is 1.82. The second-order valence-electron chi connectivity index (χ2n) is 3.89. The lowest BCUT2D eigenvalue weighted by Gasteiger charge is -2.21. The van der Waals surface area contributed by atoms with Crippen LogP contribution >= 0.6 is 11.8 Å². The highest BCUT2D eigenvalue weighted by molar-refractivity contribution is 7.99. The molecule has 1 fully saturated rings. The van der Waals surface area contributed by atoms with Gasteiger partial charge in [-0.15, -0.1) is 0 Å². The van der Waals surface area contributed by atoms with Crippen molar-refractivity contribution in [2.75, 3.05) is 35.2 Å². The molecule has 0 aromatic carbocycles. The average molecular weight is 253 g/mol. The van der Waals surface area contributed by atoms with E-state index in [1.165, 1.54) is 6.20 Å². The average Bonchev–Trinajstić information content (AvgIpc) is 2.58. The van der Waals surface area contributed by atoms with Crippen molar-refractivity contribution in [3.8, 4) is 0 Å². The van der Waals surface area contributed by atoms with Crippen LogP contribution in [0.3, 0.4) is 0 Å². The van der Waals surface area contributed by atoms with Crippen LogP contribution in [0.1, 0.15) is 16.8 Å². The maximum absolute atomic E-state index is 11.0. The largest absolute Gasteiger partial charge is 0.478 e. The second kappa shape index (κ2) is 5.27. The third kappa shape index (κ3) is 2.82. The molecule has 0 saturated carbocycles. The van der Waals surface area contributed by atoms with E-state index in [-0.39, 0.29) is 11.3 Å². The third-order valence-corrected chi connectivity index (χ3v) is 3.75. The van der Waals surface area contributed by atoms with Gasteiger partial charge in [-0.2, -0.15) is 11.8 Å². The van der Waals surface area contributed by atoms with Crippen LogP contribution in [0.4, 0.5) is 11.5 Å². The Kier molecular flexibility index (Phi) is 3.73. The van der Waals surface area contributed by atoms with Gasteiger partial charge in [0.25, 0.3) is 0 Å². The van der Waals surface area contributed by atoms with Gasteiger partial charge in [0, 0.05) is 18.8 Å². The molecule has 0 aliphatic carbocycles. The number of nitrogens with zero attached hydrogens (tertiary/aromatic N) is 2. The molecule has 0 amide bonds. The van der Waals surface area contributed by atoms with Crippen molar-refractivity contribution in [3.63, 3.8) is 0 Å². The third-order valence-electron chi connectivity index (χ3n) is 2.70. The first-order chi connectivity index (χ1) is 8.18. The van der Waals surface area contributed by atoms with Crippen molar-refractivity contribution in [2.45, 2.75) is 6.42 Å². The minimum absolute atomic E-state index is 0.131. The van der Waals surface area contributed by atoms with Crippen LogP contribution in [-0.2, 0) is 0 Å². The molecule has 0 bridgehead atoms. The highest BCUT2D eigenvalue weighted by Gasteiger charge is 2.15. The van der Waals surface area contributed by atoms with E-state index in [9.17, 15) is 4.79 Å². The first-order valence-electron chi connectivity index (χ1n) is 5.50. The lowest BCUT2D eigenvalue weighted by atomic mass is 10.2. The molecular weight excluding hydrogens is 238 g/mol. The predicted octanol–water partition coefficient (Wildman–Crippen LogP) is 1.31. The number of aromatic nitrogens is 1. The Morgan fingerprint density at radius 2 is 2.29 bits per heavy atom. The van der Waals surface area contributed by atoms with E-state index in [4.69, 9.17) is 10.8 Å². The monoisotopic (exact) mass is 253 g/mol. The van der Waals surface area contributed by atoms with E-state index in [1.54, 1.807) is 6.07 Å². The van der Waals surface area contributed by atoms with Crippen molar-refractivity contribution in [1.82, 2.24) is 4.98 Å². The van der Waals surface area contributed by atoms with Gasteiger partial charge >= 0.3 is 5.97 Å². The zero-order valence-electron chi connectivity index (χ0n) is 9.43. The van der Waals surface area contributed by atoms with E-state index in [1.807, 2.05) is 11.8 Å². The van der Waals surface area contributed by atoms with Gasteiger partial charge in [0.2, 0.25) is 0 Å². The van der Waals surface area contributed by atoms with Crippen LogP contribution in [-0.4, -0.2) is 40.7 Å². The Balaban J connectivity index is 2.25. The van der Waals surface area contributed by atoms with E-state index >= 15 is 0 Å². The number of thioether (sulfide) groups is 1. The van der Waals surface area contributed by atoms with Crippen molar-refractivity contribution < 1.29 is 9.90 Å². The van der Waals surface area contributed by atoms with E-state index in [0.717, 1.165) is 31.0 Å². The van der Waals surface area contributed by atoms with Gasteiger partial charge in [-0.3, -0.25) is 0 Å². The number of carbonyl (C=O) groups is 1. The minimum atomic E-state index is -1.00. The summed E-state index contributed by atoms with van der Waals surface area (Å²) >= 11 is 1.92. The van der Waals surface area contributed by atoms with Gasteiger partial charge in [-0.25, -0.2) is 9.78 Å². The van der Waals surface area contributed by atoms with Crippen LogP contribution in [0.15, 0.2) is 12.3 Å². The fourth-order valence-electron chi connectivity index (χ4n) is 1.79. The molecule has 5 nitrogen and oxygen atoms in total. The Bertz CT molecular complexity index is 417. The van der Waals surface area contributed by atoms with Crippen LogP contribution in [0, 0.1) is 0 Å². The zero-order valence-corrected chi connectivity index (χ0v) is 10.2. The number of hydrogen-bond acceptors (Lipinski definition) is 5. The van der Waals surface area contributed by atoms with Crippen molar-refractivity contribution >= 4 is 29.2 Å². The number of aromatic carboxylic acids is 1. The summed E-state index contributed by atoms with van der Waals surface area (Å²) in [6, 6.07) is 1.56. The highest BCUT2D eigenvalue weighted by Crippen LogP contribution is 2.21. The number of pyridine rings is 1. The van der Waals surface area contributed by atoms with Gasteiger partial charge in [0.05, 0.1) is 17.4 Å². The summed E-state index contributed by atoms with van der Waals surface area (Å²) in [6.07, 6.45) is 2.52. The first-order valence-corrected chi connectivity index (χ1v) is 6.65. The number of anilines is 2. The smallest absolute Gasteiger partial charge is 0.337 e. The molecule has 6 heteroatoms. The van der Waals surface area contributed by atoms with Crippen molar-refractivity contribution in [2.24, 2.45) is 0 Å². The van der Waals surface area contributed by atoms with Gasteiger partial charge in [0.1, 0.15) is 5.82 Å². The zero-order chi connectivity index (χ0) is 12.3. The molecular formula is C11H15N3O2S. The van der Waals surface area contributed by atoms with Gasteiger partial charge < -0.3 is 15.7 Å². The van der Waals surface area contributed by atoms with E-state index in [2.05, 4.69) is 9.88 Å². The molecule has 0 unspecified atom stereocenters. The molecule has 1 saturated heterocycles. The molecule has 0 atom stereocenters. The Morgan fingerprint density at radius 1 is 1.47 bits per heavy atom. The van der Waals surface area contributed by atoms with Crippen molar-refractivity contribution in [1.29, 1.82) is 0 Å². The predicted molar refractivity (Wildman–Crippen MR) is 69.8 cm³/mol. The van der Waals surface area contributed by atoms with Crippen LogP contribution in [0.2, 0.25) is 0 Å². The lowest BCUT2D eigenvalue weighted by Crippen LogP contribution is -2.26. The second-order valence-corrected chi connectivity index (χ2v) is 5.11. The fraction of sp³-hybridized carbons (Fsp3) is 0.455. The van der Waals surface area contributed by atoms with E-state index < -0.39 is 5.97 Å². The number of rotatable bonds is 2. The number of carboxylic acids is 1. The molecule has 2 heterocycles. The SMILES string of the molecule is Nc1cnc(N2CCCSCC2)cc1C(=O)O. The summed E-state index contributed by atoms with van der Waals surface area (Å²) in [5.74, 6) is 1.90. The Morgan fingerprint density at radius 3 is 3.06 bits per heavy atom. The molecule has 92 valence electrons. The van der Waals surface area contributed by atoms with Gasteiger partial charge in [0.15, 0.2) is 0 Å². The van der Waals surface area contributed by atoms with Crippen LogP contribution in [0.5, 0.6) is 0 Å². The van der Waals surface area contributed by atoms with E-state index in [0.29, 0.717) is 5.82 Å². The molecule has 2 rings (SSSR count). The van der Waals surface area contributed by atoms with Crippen LogP contribution < -0.4 is 10.6 Å². The highest BCUT2D eigenvalue weighted by atomic mass is 32.2. The van der Waals surface area contributed by atoms with Gasteiger partial charge in [-0.1, -0.05) is 0 Å². The Hall–Kier alpha value is -1.43. The molecule has 1 aromatic rings. The quantitative estimate of drug-likeness (QED) is 0.827. The lowest BCUT2D eigenvalue weighted by molar-refractivity contribution is 0.0698. The molecule has 0 radical (unpaired) electrons.